The second kappa shape index (κ2) is 13.0. The quantitative estimate of drug-likeness (QED) is 0.290. The van der Waals surface area contributed by atoms with E-state index in [0.717, 1.165) is 31.6 Å². The van der Waals surface area contributed by atoms with Crippen molar-refractivity contribution in [2.45, 2.75) is 71.8 Å². The number of carbonyl (C=O) groups is 1. The van der Waals surface area contributed by atoms with Crippen LogP contribution in [0.4, 0.5) is 4.79 Å². The molecule has 178 valence electrons. The largest absolute Gasteiger partial charge is 0.444 e. The summed E-state index contributed by atoms with van der Waals surface area (Å²) in [5, 5.41) is 11.2. The number of guanidine groups is 1. The predicted molar refractivity (Wildman–Crippen MR) is 131 cm³/mol. The molecule has 1 amide bonds. The van der Waals surface area contributed by atoms with Gasteiger partial charge in [-0.25, -0.2) is 14.5 Å². The molecule has 0 fully saturated rings. The number of amides is 1. The fourth-order valence-electron chi connectivity index (χ4n) is 3.26. The highest BCUT2D eigenvalue weighted by Crippen LogP contribution is 2.13. The zero-order valence-corrected chi connectivity index (χ0v) is 21.9. The molecule has 1 unspecified atom stereocenters. The van der Waals surface area contributed by atoms with E-state index in [1.54, 1.807) is 19.1 Å². The molecule has 2 rings (SSSR count). The van der Waals surface area contributed by atoms with Crippen molar-refractivity contribution in [2.24, 2.45) is 4.99 Å². The maximum absolute atomic E-state index is 12.4. The van der Waals surface area contributed by atoms with Gasteiger partial charge in [-0.15, -0.1) is 24.0 Å². The Balaban J connectivity index is 0.00000480. The number of hydrogen-bond donors (Lipinski definition) is 2. The lowest BCUT2D eigenvalue weighted by atomic mass is 10.1. The number of halogens is 1. The van der Waals surface area contributed by atoms with Crippen molar-refractivity contribution in [2.75, 3.05) is 33.8 Å². The average Bonchev–Trinajstić information content (AvgIpc) is 3.07. The normalized spacial score (nSPS) is 16.2. The zero-order chi connectivity index (χ0) is 22.1. The molecule has 1 atom stereocenters. The number of rotatable bonds is 8. The molecule has 11 heteroatoms. The third-order valence-electron chi connectivity index (χ3n) is 4.56. The number of nitrogens with zero attached hydrogens (tertiary/aromatic N) is 5. The highest BCUT2D eigenvalue weighted by molar-refractivity contribution is 14.0. The zero-order valence-electron chi connectivity index (χ0n) is 19.6. The fraction of sp³-hybridized carbons (Fsp3) is 0.800. The van der Waals surface area contributed by atoms with Crippen molar-refractivity contribution in [3.8, 4) is 0 Å². The second-order valence-corrected chi connectivity index (χ2v) is 8.41. The van der Waals surface area contributed by atoms with Crippen LogP contribution in [0.2, 0.25) is 0 Å². The topological polar surface area (TPSA) is 106 Å². The van der Waals surface area contributed by atoms with Gasteiger partial charge in [-0.1, -0.05) is 6.92 Å². The molecule has 0 aliphatic carbocycles. The minimum Gasteiger partial charge on any atom is -0.444 e. The van der Waals surface area contributed by atoms with Gasteiger partial charge in [-0.3, -0.25) is 4.99 Å². The molecule has 0 aromatic carbocycles. The second-order valence-electron chi connectivity index (χ2n) is 8.41. The first kappa shape index (κ1) is 27.4. The number of aliphatic imine (C=N–C) groups is 1. The van der Waals surface area contributed by atoms with Crippen molar-refractivity contribution in [3.05, 3.63) is 11.6 Å². The van der Waals surface area contributed by atoms with Crippen LogP contribution in [-0.4, -0.2) is 77.2 Å². The summed E-state index contributed by atoms with van der Waals surface area (Å²) >= 11 is 0. The predicted octanol–water partition coefficient (Wildman–Crippen LogP) is 2.17. The number of carbonyl (C=O) groups excluding carboxylic acids is 1. The maximum Gasteiger partial charge on any atom is 0.410 e. The highest BCUT2D eigenvalue weighted by atomic mass is 127. The van der Waals surface area contributed by atoms with Gasteiger partial charge in [-0.05, 0) is 33.6 Å². The van der Waals surface area contributed by atoms with Gasteiger partial charge in [-0.2, -0.15) is 5.10 Å². The Bertz CT molecular complexity index is 718. The van der Waals surface area contributed by atoms with E-state index in [2.05, 4.69) is 25.7 Å². The maximum atomic E-state index is 12.4. The summed E-state index contributed by atoms with van der Waals surface area (Å²) in [6.45, 7) is 10.6. The number of methoxy groups -OCH3 is 1. The first-order chi connectivity index (χ1) is 14.3. The summed E-state index contributed by atoms with van der Waals surface area (Å²) in [7, 11) is 3.39. The molecule has 1 aromatic rings. The third-order valence-corrected chi connectivity index (χ3v) is 4.56. The number of nitrogens with one attached hydrogen (secondary N) is 2. The molecule has 0 saturated carbocycles. The number of aryl methyl sites for hydroxylation is 1. The Morgan fingerprint density at radius 1 is 1.35 bits per heavy atom. The SMILES string of the molecule is CCCN(CCNC(=NC)NC1CCc2nc(COC)nn2C1)C(=O)OC(C)(C)C.I. The van der Waals surface area contributed by atoms with Crippen molar-refractivity contribution in [3.63, 3.8) is 0 Å². The fourth-order valence-corrected chi connectivity index (χ4v) is 3.26. The Morgan fingerprint density at radius 2 is 2.10 bits per heavy atom. The first-order valence-electron chi connectivity index (χ1n) is 10.6. The first-order valence-corrected chi connectivity index (χ1v) is 10.6. The molecule has 0 radical (unpaired) electrons. The summed E-state index contributed by atoms with van der Waals surface area (Å²) in [5.74, 6) is 2.42. The van der Waals surface area contributed by atoms with E-state index in [0.29, 0.717) is 38.0 Å². The van der Waals surface area contributed by atoms with Gasteiger partial charge in [0.15, 0.2) is 11.8 Å². The van der Waals surface area contributed by atoms with Crippen LogP contribution in [0.1, 0.15) is 52.2 Å². The number of aromatic nitrogens is 3. The minimum atomic E-state index is -0.502. The molecular weight excluding hydrogens is 513 g/mol. The molecule has 0 bridgehead atoms. The van der Waals surface area contributed by atoms with Gasteiger partial charge in [0.05, 0.1) is 6.54 Å². The van der Waals surface area contributed by atoms with Gasteiger partial charge in [0.1, 0.15) is 18.0 Å². The Labute approximate surface area is 202 Å². The molecule has 0 spiro atoms. The number of hydrogen-bond acceptors (Lipinski definition) is 6. The lowest BCUT2D eigenvalue weighted by Crippen LogP contribution is -2.49. The van der Waals surface area contributed by atoms with Gasteiger partial charge in [0, 0.05) is 46.3 Å². The lowest BCUT2D eigenvalue weighted by Gasteiger charge is -2.28. The summed E-state index contributed by atoms with van der Waals surface area (Å²) in [4.78, 5) is 22.9. The van der Waals surface area contributed by atoms with E-state index in [1.807, 2.05) is 32.4 Å². The standard InChI is InChI=1S/C20H37N7O3.HI/c1-7-11-26(19(28)30-20(2,3)4)12-10-22-18(21-5)23-15-8-9-17-24-16(14-29-6)25-27(17)13-15;/h15H,7-14H2,1-6H3,(H2,21,22,23);1H. The van der Waals surface area contributed by atoms with Gasteiger partial charge in [0.25, 0.3) is 0 Å². The average molecular weight is 551 g/mol. The van der Waals surface area contributed by atoms with Crippen LogP contribution >= 0.6 is 24.0 Å². The molecule has 1 aliphatic heterocycles. The lowest BCUT2D eigenvalue weighted by molar-refractivity contribution is 0.0253. The van der Waals surface area contributed by atoms with Crippen molar-refractivity contribution in [1.29, 1.82) is 0 Å². The third kappa shape index (κ3) is 9.17. The molecule has 2 N–H and O–H groups in total. The van der Waals surface area contributed by atoms with Crippen molar-refractivity contribution in [1.82, 2.24) is 30.3 Å². The summed E-state index contributed by atoms with van der Waals surface area (Å²) in [5.41, 5.74) is -0.502. The molecule has 1 aliphatic rings. The molecular formula is C20H38IN7O3. The summed E-state index contributed by atoms with van der Waals surface area (Å²) in [6.07, 6.45) is 2.39. The van der Waals surface area contributed by atoms with Crippen LogP contribution in [0.3, 0.4) is 0 Å². The Morgan fingerprint density at radius 3 is 2.71 bits per heavy atom. The van der Waals surface area contributed by atoms with Gasteiger partial charge in [0.2, 0.25) is 0 Å². The Kier molecular flexibility index (Phi) is 11.5. The van der Waals surface area contributed by atoms with E-state index in [4.69, 9.17) is 9.47 Å². The van der Waals surface area contributed by atoms with Gasteiger partial charge >= 0.3 is 6.09 Å². The van der Waals surface area contributed by atoms with Crippen molar-refractivity contribution >= 4 is 36.0 Å². The number of ether oxygens (including phenoxy) is 2. The Hall–Kier alpha value is -1.63. The number of fused-ring (bicyclic) bond motifs is 1. The van der Waals surface area contributed by atoms with Crippen LogP contribution < -0.4 is 10.6 Å². The molecule has 0 saturated heterocycles. The summed E-state index contributed by atoms with van der Waals surface area (Å²) in [6, 6.07) is 0.207. The molecule has 10 nitrogen and oxygen atoms in total. The highest BCUT2D eigenvalue weighted by Gasteiger charge is 2.23. The van der Waals surface area contributed by atoms with Crippen LogP contribution in [0.25, 0.3) is 0 Å². The van der Waals surface area contributed by atoms with E-state index < -0.39 is 5.60 Å². The van der Waals surface area contributed by atoms with Crippen LogP contribution in [0.15, 0.2) is 4.99 Å². The van der Waals surface area contributed by atoms with E-state index in [-0.39, 0.29) is 36.1 Å². The monoisotopic (exact) mass is 551 g/mol. The van der Waals surface area contributed by atoms with Crippen molar-refractivity contribution < 1.29 is 14.3 Å². The summed E-state index contributed by atoms with van der Waals surface area (Å²) < 4.78 is 12.6. The molecule has 1 aromatic heterocycles. The van der Waals surface area contributed by atoms with Gasteiger partial charge < -0.3 is 25.0 Å². The smallest absolute Gasteiger partial charge is 0.410 e. The van der Waals surface area contributed by atoms with E-state index in [9.17, 15) is 4.79 Å². The van der Waals surface area contributed by atoms with Crippen LogP contribution in [-0.2, 0) is 29.0 Å². The van der Waals surface area contributed by atoms with Crippen LogP contribution in [0, 0.1) is 0 Å². The molecule has 31 heavy (non-hydrogen) atoms. The molecule has 2 heterocycles. The minimum absolute atomic E-state index is 0. The van der Waals surface area contributed by atoms with E-state index >= 15 is 0 Å². The van der Waals surface area contributed by atoms with Crippen LogP contribution in [0.5, 0.6) is 0 Å². The van der Waals surface area contributed by atoms with E-state index in [1.165, 1.54) is 0 Å².